The lowest BCUT2D eigenvalue weighted by Gasteiger charge is -2.15. The lowest BCUT2D eigenvalue weighted by Crippen LogP contribution is -2.31. The van der Waals surface area contributed by atoms with Gasteiger partial charge in [-0.1, -0.05) is 12.1 Å². The summed E-state index contributed by atoms with van der Waals surface area (Å²) in [6, 6.07) is 13.1. The van der Waals surface area contributed by atoms with Crippen LogP contribution in [0.1, 0.15) is 18.5 Å². The largest absolute Gasteiger partial charge is 0.484 e. The Bertz CT molecular complexity index is 822. The van der Waals surface area contributed by atoms with Crippen LogP contribution in [0.25, 0.3) is 0 Å². The fourth-order valence-electron chi connectivity index (χ4n) is 2.01. The van der Waals surface area contributed by atoms with Gasteiger partial charge in [-0.05, 0) is 71.5 Å². The first kappa shape index (κ1) is 18.7. The molecule has 2 rings (SSSR count). The van der Waals surface area contributed by atoms with E-state index in [1.165, 1.54) is 12.1 Å². The molecule has 0 aliphatic carbocycles. The first-order valence-electron chi connectivity index (χ1n) is 7.06. The molecule has 0 aliphatic heterocycles. The zero-order valence-electron chi connectivity index (χ0n) is 12.9. The van der Waals surface area contributed by atoms with E-state index in [1.807, 2.05) is 12.1 Å². The zero-order chi connectivity index (χ0) is 17.7. The summed E-state index contributed by atoms with van der Waals surface area (Å²) < 4.78 is 29.2. The number of ether oxygens (including phenoxy) is 1. The molecule has 0 aliphatic rings. The van der Waals surface area contributed by atoms with Gasteiger partial charge in [0, 0.05) is 3.57 Å². The van der Waals surface area contributed by atoms with Gasteiger partial charge in [-0.2, -0.15) is 0 Å². The second-order valence-electron chi connectivity index (χ2n) is 5.15. The number of primary sulfonamides is 1. The van der Waals surface area contributed by atoms with Crippen LogP contribution in [0.5, 0.6) is 5.75 Å². The quantitative estimate of drug-likeness (QED) is 0.646. The molecule has 0 heterocycles. The Kier molecular flexibility index (Phi) is 6.19. The molecule has 0 bridgehead atoms. The van der Waals surface area contributed by atoms with Crippen LogP contribution in [0.15, 0.2) is 53.4 Å². The fourth-order valence-corrected chi connectivity index (χ4v) is 2.94. The van der Waals surface area contributed by atoms with Crippen LogP contribution in [-0.4, -0.2) is 20.9 Å². The minimum absolute atomic E-state index is 0.0104. The third kappa shape index (κ3) is 5.46. The second kappa shape index (κ2) is 7.95. The molecule has 0 spiro atoms. The average molecular weight is 460 g/mol. The molecule has 0 fully saturated rings. The SMILES string of the molecule is CC(NC(=O)COc1ccc(I)cc1)c1cccc(S(N)(=O)=O)c1. The van der Waals surface area contributed by atoms with Crippen LogP contribution in [0.2, 0.25) is 0 Å². The van der Waals surface area contributed by atoms with Crippen molar-refractivity contribution in [3.63, 3.8) is 0 Å². The normalized spacial score (nSPS) is 12.5. The van der Waals surface area contributed by atoms with Crippen LogP contribution in [0, 0.1) is 3.57 Å². The van der Waals surface area contributed by atoms with Gasteiger partial charge in [0.1, 0.15) is 5.75 Å². The third-order valence-electron chi connectivity index (χ3n) is 3.25. The molecule has 0 saturated heterocycles. The molecule has 0 saturated carbocycles. The van der Waals surface area contributed by atoms with Crippen molar-refractivity contribution < 1.29 is 17.9 Å². The predicted molar refractivity (Wildman–Crippen MR) is 99.0 cm³/mol. The van der Waals surface area contributed by atoms with E-state index in [0.717, 1.165) is 3.57 Å². The summed E-state index contributed by atoms with van der Waals surface area (Å²) in [6.07, 6.45) is 0. The molecule has 8 heteroatoms. The lowest BCUT2D eigenvalue weighted by atomic mass is 10.1. The molecule has 1 amide bonds. The van der Waals surface area contributed by atoms with Gasteiger partial charge < -0.3 is 10.1 Å². The van der Waals surface area contributed by atoms with Crippen LogP contribution in [0.3, 0.4) is 0 Å². The highest BCUT2D eigenvalue weighted by Crippen LogP contribution is 2.17. The van der Waals surface area contributed by atoms with E-state index in [9.17, 15) is 13.2 Å². The summed E-state index contributed by atoms with van der Waals surface area (Å²) in [7, 11) is -3.78. The monoisotopic (exact) mass is 460 g/mol. The number of nitrogens with two attached hydrogens (primary N) is 1. The van der Waals surface area contributed by atoms with Crippen LogP contribution >= 0.6 is 22.6 Å². The predicted octanol–water partition coefficient (Wildman–Crippen LogP) is 2.19. The number of hydrogen-bond donors (Lipinski definition) is 2. The Morgan fingerprint density at radius 3 is 2.54 bits per heavy atom. The first-order chi connectivity index (χ1) is 11.3. The highest BCUT2D eigenvalue weighted by atomic mass is 127. The van der Waals surface area contributed by atoms with E-state index >= 15 is 0 Å². The number of nitrogens with one attached hydrogen (secondary N) is 1. The molecule has 2 aromatic rings. The van der Waals surface area contributed by atoms with Crippen LogP contribution in [0.4, 0.5) is 0 Å². The highest BCUT2D eigenvalue weighted by molar-refractivity contribution is 14.1. The summed E-state index contributed by atoms with van der Waals surface area (Å²) in [4.78, 5) is 12.0. The molecular formula is C16H17IN2O4S. The zero-order valence-corrected chi connectivity index (χ0v) is 15.9. The number of carbonyl (C=O) groups excluding carboxylic acids is 1. The van der Waals surface area contributed by atoms with Crippen molar-refractivity contribution in [3.05, 3.63) is 57.7 Å². The molecule has 0 aromatic heterocycles. The van der Waals surface area contributed by atoms with Gasteiger partial charge in [0.25, 0.3) is 5.91 Å². The Morgan fingerprint density at radius 1 is 1.25 bits per heavy atom. The van der Waals surface area contributed by atoms with E-state index in [2.05, 4.69) is 27.9 Å². The number of sulfonamides is 1. The van der Waals surface area contributed by atoms with Crippen molar-refractivity contribution in [1.29, 1.82) is 0 Å². The standard InChI is InChI=1S/C16H17IN2O4S/c1-11(12-3-2-4-15(9-12)24(18,21)22)19-16(20)10-23-14-7-5-13(17)6-8-14/h2-9,11H,10H2,1H3,(H,19,20)(H2,18,21,22). The maximum Gasteiger partial charge on any atom is 0.258 e. The van der Waals surface area contributed by atoms with Gasteiger partial charge in [-0.3, -0.25) is 4.79 Å². The molecule has 3 N–H and O–H groups in total. The Morgan fingerprint density at radius 2 is 1.92 bits per heavy atom. The Hall–Kier alpha value is -1.65. The first-order valence-corrected chi connectivity index (χ1v) is 9.69. The number of carbonyl (C=O) groups is 1. The molecular weight excluding hydrogens is 443 g/mol. The van der Waals surface area contributed by atoms with E-state index < -0.39 is 10.0 Å². The maximum atomic E-state index is 12.0. The van der Waals surface area contributed by atoms with Gasteiger partial charge in [-0.15, -0.1) is 0 Å². The van der Waals surface area contributed by atoms with Crippen molar-refractivity contribution >= 4 is 38.5 Å². The Balaban J connectivity index is 1.95. The van der Waals surface area contributed by atoms with E-state index in [0.29, 0.717) is 11.3 Å². The van der Waals surface area contributed by atoms with Crippen molar-refractivity contribution in [3.8, 4) is 5.75 Å². The second-order valence-corrected chi connectivity index (χ2v) is 7.96. The van der Waals surface area contributed by atoms with Crippen LogP contribution < -0.4 is 15.2 Å². The van der Waals surface area contributed by atoms with E-state index in [1.54, 1.807) is 31.2 Å². The molecule has 24 heavy (non-hydrogen) atoms. The summed E-state index contributed by atoms with van der Waals surface area (Å²) in [6.45, 7) is 1.63. The lowest BCUT2D eigenvalue weighted by molar-refractivity contribution is -0.123. The topological polar surface area (TPSA) is 98.5 Å². The van der Waals surface area contributed by atoms with Crippen molar-refractivity contribution in [2.45, 2.75) is 17.9 Å². The summed E-state index contributed by atoms with van der Waals surface area (Å²) >= 11 is 2.18. The van der Waals surface area contributed by atoms with Gasteiger partial charge in [0.2, 0.25) is 10.0 Å². The average Bonchev–Trinajstić information content (AvgIpc) is 2.53. The fraction of sp³-hybridized carbons (Fsp3) is 0.188. The highest BCUT2D eigenvalue weighted by Gasteiger charge is 2.13. The molecule has 6 nitrogen and oxygen atoms in total. The maximum absolute atomic E-state index is 12.0. The number of amides is 1. The van der Waals surface area contributed by atoms with Gasteiger partial charge in [0.05, 0.1) is 10.9 Å². The number of rotatable bonds is 6. The molecule has 1 atom stereocenters. The minimum Gasteiger partial charge on any atom is -0.484 e. The van der Waals surface area contributed by atoms with E-state index in [4.69, 9.17) is 9.88 Å². The molecule has 128 valence electrons. The number of halogens is 1. The summed E-state index contributed by atoms with van der Waals surface area (Å²) in [5.41, 5.74) is 0.643. The number of benzene rings is 2. The van der Waals surface area contributed by atoms with Gasteiger partial charge in [0.15, 0.2) is 6.61 Å². The van der Waals surface area contributed by atoms with Gasteiger partial charge in [-0.25, -0.2) is 13.6 Å². The smallest absolute Gasteiger partial charge is 0.258 e. The minimum atomic E-state index is -3.78. The van der Waals surface area contributed by atoms with Crippen molar-refractivity contribution in [2.75, 3.05) is 6.61 Å². The van der Waals surface area contributed by atoms with E-state index in [-0.39, 0.29) is 23.5 Å². The molecule has 2 aromatic carbocycles. The number of hydrogen-bond acceptors (Lipinski definition) is 4. The van der Waals surface area contributed by atoms with Gasteiger partial charge >= 0.3 is 0 Å². The summed E-state index contributed by atoms with van der Waals surface area (Å²) in [5.74, 6) is 0.302. The van der Waals surface area contributed by atoms with Crippen LogP contribution in [-0.2, 0) is 14.8 Å². The van der Waals surface area contributed by atoms with Crippen molar-refractivity contribution in [1.82, 2.24) is 5.32 Å². The van der Waals surface area contributed by atoms with Crippen molar-refractivity contribution in [2.24, 2.45) is 5.14 Å². The molecule has 1 unspecified atom stereocenters. The summed E-state index contributed by atoms with van der Waals surface area (Å²) in [5, 5.41) is 7.87. The molecule has 0 radical (unpaired) electrons. The Labute approximate surface area is 154 Å². The third-order valence-corrected chi connectivity index (χ3v) is 4.88.